The van der Waals surface area contributed by atoms with Crippen molar-refractivity contribution in [1.82, 2.24) is 10.3 Å². The lowest BCUT2D eigenvalue weighted by molar-refractivity contribution is 0.265. The summed E-state index contributed by atoms with van der Waals surface area (Å²) < 4.78 is 7.08. The average molecular weight is 403 g/mol. The van der Waals surface area contributed by atoms with Gasteiger partial charge in [-0.1, -0.05) is 30.3 Å². The van der Waals surface area contributed by atoms with Crippen LogP contribution in [0, 0.1) is 0 Å². The van der Waals surface area contributed by atoms with E-state index in [1.54, 1.807) is 11.3 Å². The summed E-state index contributed by atoms with van der Waals surface area (Å²) in [6.07, 6.45) is 1.82. The highest BCUT2D eigenvalue weighted by atomic mass is 32.2. The topological polar surface area (TPSA) is 67.5 Å². The van der Waals surface area contributed by atoms with Gasteiger partial charge in [0.05, 0.1) is 20.8 Å². The number of thioether (sulfide) groups is 1. The summed E-state index contributed by atoms with van der Waals surface area (Å²) in [6.45, 7) is 0. The molecule has 4 aromatic rings. The highest BCUT2D eigenvalue weighted by Crippen LogP contribution is 2.33. The van der Waals surface area contributed by atoms with E-state index in [1.165, 1.54) is 0 Å². The summed E-state index contributed by atoms with van der Waals surface area (Å²) >= 11 is 2.69. The summed E-state index contributed by atoms with van der Waals surface area (Å²) in [5.41, 5.74) is 1.73. The van der Waals surface area contributed by atoms with Crippen LogP contribution < -0.4 is 5.32 Å². The molecule has 136 valence electrons. The Morgan fingerprint density at radius 1 is 1.00 bits per heavy atom. The van der Waals surface area contributed by atoms with Crippen molar-refractivity contribution in [3.05, 3.63) is 77.4 Å². The average Bonchev–Trinajstić information content (AvgIpc) is 3.41. The molecule has 3 heterocycles. The Morgan fingerprint density at radius 3 is 2.68 bits per heavy atom. The SMILES string of the molecule is O=C1NC(=Nc2ccccc2)C(=Cc2ccc(-c3nc4ccccc4s3)o2)S1. The van der Waals surface area contributed by atoms with Gasteiger partial charge in [-0.25, -0.2) is 9.98 Å². The second kappa shape index (κ2) is 7.10. The summed E-state index contributed by atoms with van der Waals surface area (Å²) in [5.74, 6) is 1.88. The highest BCUT2D eigenvalue weighted by Gasteiger charge is 2.24. The van der Waals surface area contributed by atoms with Gasteiger partial charge in [0.15, 0.2) is 10.8 Å². The van der Waals surface area contributed by atoms with E-state index in [4.69, 9.17) is 4.42 Å². The molecule has 0 spiro atoms. The van der Waals surface area contributed by atoms with E-state index in [9.17, 15) is 4.79 Å². The van der Waals surface area contributed by atoms with Crippen LogP contribution in [0.15, 0.2) is 81.0 Å². The van der Waals surface area contributed by atoms with Gasteiger partial charge in [0.1, 0.15) is 11.6 Å². The summed E-state index contributed by atoms with van der Waals surface area (Å²) in [4.78, 5) is 21.7. The molecule has 0 radical (unpaired) electrons. The van der Waals surface area contributed by atoms with Crippen molar-refractivity contribution in [2.75, 3.05) is 0 Å². The maximum Gasteiger partial charge on any atom is 0.289 e. The number of hydrogen-bond donors (Lipinski definition) is 1. The lowest BCUT2D eigenvalue weighted by Gasteiger charge is -1.98. The Kier molecular flexibility index (Phi) is 4.31. The number of benzene rings is 2. The second-order valence-electron chi connectivity index (χ2n) is 6.01. The van der Waals surface area contributed by atoms with Crippen LogP contribution in [-0.4, -0.2) is 16.1 Å². The standard InChI is InChI=1S/C21H13N3O2S2/c25-21-24-19(22-13-6-2-1-3-7-13)18(28-21)12-14-10-11-16(26-14)20-23-15-8-4-5-9-17(15)27-20/h1-12H,(H,22,24,25). The number of hydrogen-bond acceptors (Lipinski definition) is 6. The van der Waals surface area contributed by atoms with Gasteiger partial charge in [0.25, 0.3) is 5.24 Å². The molecule has 7 heteroatoms. The number of furan rings is 1. The molecule has 2 aromatic heterocycles. The smallest absolute Gasteiger partial charge is 0.289 e. The number of fused-ring (bicyclic) bond motifs is 1. The minimum atomic E-state index is -0.154. The van der Waals surface area contributed by atoms with Gasteiger partial charge >= 0.3 is 0 Å². The van der Waals surface area contributed by atoms with E-state index in [2.05, 4.69) is 15.3 Å². The minimum absolute atomic E-state index is 0.154. The minimum Gasteiger partial charge on any atom is -0.454 e. The summed E-state index contributed by atoms with van der Waals surface area (Å²) in [5, 5.41) is 3.46. The molecule has 0 atom stereocenters. The van der Waals surface area contributed by atoms with Crippen LogP contribution in [0.25, 0.3) is 27.1 Å². The van der Waals surface area contributed by atoms with Crippen molar-refractivity contribution < 1.29 is 9.21 Å². The van der Waals surface area contributed by atoms with Gasteiger partial charge in [0, 0.05) is 0 Å². The molecule has 0 bridgehead atoms. The molecule has 5 rings (SSSR count). The molecule has 1 fully saturated rings. The number of thiazole rings is 1. The first-order chi connectivity index (χ1) is 13.7. The fourth-order valence-electron chi connectivity index (χ4n) is 2.80. The van der Waals surface area contributed by atoms with Crippen LogP contribution in [0.5, 0.6) is 0 Å². The molecule has 1 aliphatic rings. The van der Waals surface area contributed by atoms with Crippen molar-refractivity contribution in [3.8, 4) is 10.8 Å². The summed E-state index contributed by atoms with van der Waals surface area (Å²) in [7, 11) is 0. The molecule has 1 aliphatic heterocycles. The molecule has 1 N–H and O–H groups in total. The number of nitrogens with zero attached hydrogens (tertiary/aromatic N) is 2. The van der Waals surface area contributed by atoms with E-state index in [-0.39, 0.29) is 5.24 Å². The number of nitrogens with one attached hydrogen (secondary N) is 1. The number of aliphatic imine (C=N–C) groups is 1. The molecule has 1 amide bonds. The number of aromatic nitrogens is 1. The summed E-state index contributed by atoms with van der Waals surface area (Å²) in [6, 6.07) is 21.3. The number of para-hydroxylation sites is 2. The Morgan fingerprint density at radius 2 is 1.82 bits per heavy atom. The zero-order chi connectivity index (χ0) is 18.9. The molecule has 5 nitrogen and oxygen atoms in total. The quantitative estimate of drug-likeness (QED) is 0.450. The maximum absolute atomic E-state index is 11.9. The lowest BCUT2D eigenvalue weighted by Crippen LogP contribution is -2.18. The Balaban J connectivity index is 1.47. The molecular weight excluding hydrogens is 390 g/mol. The monoisotopic (exact) mass is 403 g/mol. The maximum atomic E-state index is 11.9. The zero-order valence-corrected chi connectivity index (χ0v) is 16.1. The van der Waals surface area contributed by atoms with E-state index >= 15 is 0 Å². The number of carbonyl (C=O) groups excluding carboxylic acids is 1. The number of carbonyl (C=O) groups is 1. The fraction of sp³-hybridized carbons (Fsp3) is 0. The van der Waals surface area contributed by atoms with Crippen LogP contribution in [0.3, 0.4) is 0 Å². The molecular formula is C21H13N3O2S2. The van der Waals surface area contributed by atoms with Crippen LogP contribution in [0.4, 0.5) is 10.5 Å². The number of amides is 1. The van der Waals surface area contributed by atoms with Gasteiger partial charge in [-0.2, -0.15) is 0 Å². The van der Waals surface area contributed by atoms with Crippen LogP contribution in [-0.2, 0) is 0 Å². The Hall–Kier alpha value is -3.16. The first-order valence-corrected chi connectivity index (χ1v) is 10.2. The molecule has 2 aromatic carbocycles. The van der Waals surface area contributed by atoms with Gasteiger partial charge in [-0.15, -0.1) is 11.3 Å². The molecule has 1 saturated heterocycles. The van der Waals surface area contributed by atoms with E-state index in [0.717, 1.165) is 37.6 Å². The highest BCUT2D eigenvalue weighted by molar-refractivity contribution is 8.18. The first-order valence-electron chi connectivity index (χ1n) is 8.55. The molecule has 0 unspecified atom stereocenters. The molecule has 0 saturated carbocycles. The molecule has 0 aliphatic carbocycles. The third-order valence-electron chi connectivity index (χ3n) is 4.06. The Bertz CT molecular complexity index is 1210. The van der Waals surface area contributed by atoms with Crippen LogP contribution >= 0.6 is 23.1 Å². The number of rotatable bonds is 3. The van der Waals surface area contributed by atoms with Gasteiger partial charge < -0.3 is 9.73 Å². The van der Waals surface area contributed by atoms with Crippen LogP contribution in [0.2, 0.25) is 0 Å². The van der Waals surface area contributed by atoms with Crippen molar-refractivity contribution in [2.45, 2.75) is 0 Å². The van der Waals surface area contributed by atoms with E-state index < -0.39 is 0 Å². The van der Waals surface area contributed by atoms with E-state index in [1.807, 2.05) is 72.8 Å². The Labute approximate surface area is 168 Å². The largest absolute Gasteiger partial charge is 0.454 e. The van der Waals surface area contributed by atoms with Crippen molar-refractivity contribution in [3.63, 3.8) is 0 Å². The number of amidine groups is 1. The van der Waals surface area contributed by atoms with Gasteiger partial charge in [-0.05, 0) is 54.2 Å². The van der Waals surface area contributed by atoms with Crippen molar-refractivity contribution in [2.24, 2.45) is 4.99 Å². The third-order valence-corrected chi connectivity index (χ3v) is 5.93. The normalized spacial score (nSPS) is 16.9. The van der Waals surface area contributed by atoms with Gasteiger partial charge in [-0.3, -0.25) is 4.79 Å². The van der Waals surface area contributed by atoms with Gasteiger partial charge in [0.2, 0.25) is 0 Å². The van der Waals surface area contributed by atoms with E-state index in [0.29, 0.717) is 17.4 Å². The lowest BCUT2D eigenvalue weighted by atomic mass is 10.3. The van der Waals surface area contributed by atoms with Crippen molar-refractivity contribution >= 4 is 56.2 Å². The van der Waals surface area contributed by atoms with Crippen LogP contribution in [0.1, 0.15) is 5.76 Å². The molecule has 28 heavy (non-hydrogen) atoms. The second-order valence-corrected chi connectivity index (χ2v) is 8.05. The van der Waals surface area contributed by atoms with Crippen molar-refractivity contribution in [1.29, 1.82) is 0 Å². The third kappa shape index (κ3) is 3.37. The zero-order valence-electron chi connectivity index (χ0n) is 14.5. The first kappa shape index (κ1) is 17.0. The predicted molar refractivity (Wildman–Crippen MR) is 115 cm³/mol. The predicted octanol–water partition coefficient (Wildman–Crippen LogP) is 6.08. The fourth-order valence-corrected chi connectivity index (χ4v) is 4.44.